The number of rotatable bonds is 0. The molecule has 1 aliphatic rings. The Labute approximate surface area is 110 Å². The first kappa shape index (κ1) is 21.0. The molecule has 15 heavy (non-hydrogen) atoms. The van der Waals surface area contributed by atoms with E-state index in [-0.39, 0.29) is 39.3 Å². The van der Waals surface area contributed by atoms with Crippen LogP contribution in [0.3, 0.4) is 0 Å². The van der Waals surface area contributed by atoms with Crippen LogP contribution < -0.4 is 0 Å². The predicted octanol–water partition coefficient (Wildman–Crippen LogP) is 3.52. The van der Waals surface area contributed by atoms with Crippen molar-refractivity contribution in [1.82, 2.24) is 0 Å². The molecule has 0 aromatic heterocycles. The molecule has 1 aliphatic heterocycles. The van der Waals surface area contributed by atoms with E-state index in [0.29, 0.717) is 6.79 Å². The van der Waals surface area contributed by atoms with E-state index in [1.165, 1.54) is 0 Å². The van der Waals surface area contributed by atoms with Crippen LogP contribution in [0.1, 0.15) is 42.0 Å². The SMILES string of the molecule is C.CC1(C)COCOC1.[CH2-]C(C)(C)C.[W]. The van der Waals surface area contributed by atoms with Gasteiger partial charge in [0.25, 0.3) is 0 Å². The van der Waals surface area contributed by atoms with Gasteiger partial charge in [-0.05, 0) is 0 Å². The molecule has 0 saturated carbocycles. The summed E-state index contributed by atoms with van der Waals surface area (Å²) in [5.41, 5.74) is 0.484. The molecule has 1 fully saturated rings. The summed E-state index contributed by atoms with van der Waals surface area (Å²) >= 11 is 0. The number of hydrogen-bond donors (Lipinski definition) is 0. The minimum absolute atomic E-state index is 0. The van der Waals surface area contributed by atoms with Crippen LogP contribution >= 0.6 is 0 Å². The zero-order valence-electron chi connectivity index (χ0n) is 10.1. The van der Waals surface area contributed by atoms with Gasteiger partial charge >= 0.3 is 0 Å². The summed E-state index contributed by atoms with van der Waals surface area (Å²) in [6.07, 6.45) is 0. The van der Waals surface area contributed by atoms with Gasteiger partial charge in [0.15, 0.2) is 0 Å². The number of hydrogen-bond acceptors (Lipinski definition) is 2. The van der Waals surface area contributed by atoms with E-state index >= 15 is 0 Å². The maximum Gasteiger partial charge on any atom is 0.146 e. The van der Waals surface area contributed by atoms with Crippen molar-refractivity contribution in [2.75, 3.05) is 20.0 Å². The molecule has 94 valence electrons. The molecule has 1 rings (SSSR count). The Morgan fingerprint density at radius 2 is 1.33 bits per heavy atom. The third kappa shape index (κ3) is 20.6. The molecule has 0 N–H and O–H groups in total. The summed E-state index contributed by atoms with van der Waals surface area (Å²) in [6.45, 7) is 16.4. The van der Waals surface area contributed by atoms with Crippen LogP contribution in [0.5, 0.6) is 0 Å². The van der Waals surface area contributed by atoms with Gasteiger partial charge in [0.1, 0.15) is 6.79 Å². The molecular weight excluding hydrogens is 360 g/mol. The van der Waals surface area contributed by atoms with Gasteiger partial charge in [-0.3, -0.25) is 0 Å². The maximum absolute atomic E-state index is 5.06. The normalized spacial score (nSPS) is 18.8. The summed E-state index contributed by atoms with van der Waals surface area (Å²) in [6, 6.07) is 0. The second-order valence-electron chi connectivity index (χ2n) is 5.54. The second-order valence-corrected chi connectivity index (χ2v) is 5.54. The summed E-state index contributed by atoms with van der Waals surface area (Å²) in [5.74, 6) is 0. The Morgan fingerprint density at radius 1 is 1.07 bits per heavy atom. The standard InChI is InChI=1S/C6H12O2.C5H11.CH4.W/c1-6(2)3-7-5-8-4-6;1-5(2,3)4;;/h3-5H2,1-2H3;1H2,2-4H3;1H4;/q;-1;;. The Kier molecular flexibility index (Phi) is 12.2. The van der Waals surface area contributed by atoms with Gasteiger partial charge in [0, 0.05) is 26.5 Å². The van der Waals surface area contributed by atoms with E-state index in [1.54, 1.807) is 0 Å². The van der Waals surface area contributed by atoms with Crippen molar-refractivity contribution >= 4 is 0 Å². The predicted molar refractivity (Wildman–Crippen MR) is 62.1 cm³/mol. The van der Waals surface area contributed by atoms with E-state index in [1.807, 2.05) is 0 Å². The van der Waals surface area contributed by atoms with Crippen LogP contribution in [-0.2, 0) is 30.5 Å². The van der Waals surface area contributed by atoms with E-state index in [0.717, 1.165) is 13.2 Å². The van der Waals surface area contributed by atoms with Gasteiger partial charge in [-0.15, -0.1) is 0 Å². The molecule has 0 spiro atoms. The fourth-order valence-electron chi connectivity index (χ4n) is 0.737. The summed E-state index contributed by atoms with van der Waals surface area (Å²) < 4.78 is 10.1. The van der Waals surface area contributed by atoms with Crippen molar-refractivity contribution in [2.24, 2.45) is 10.8 Å². The topological polar surface area (TPSA) is 18.5 Å². The van der Waals surface area contributed by atoms with Crippen molar-refractivity contribution in [3.05, 3.63) is 6.92 Å². The molecular formula is C12H27O2W-. The third-order valence-electron chi connectivity index (χ3n) is 1.15. The van der Waals surface area contributed by atoms with Crippen molar-refractivity contribution in [1.29, 1.82) is 0 Å². The monoisotopic (exact) mass is 387 g/mol. The summed E-state index contributed by atoms with van der Waals surface area (Å²) in [4.78, 5) is 0. The van der Waals surface area contributed by atoms with Gasteiger partial charge in [-0.2, -0.15) is 5.41 Å². The molecule has 0 aromatic rings. The molecule has 0 unspecified atom stereocenters. The van der Waals surface area contributed by atoms with Crippen LogP contribution in [0.15, 0.2) is 0 Å². The van der Waals surface area contributed by atoms with E-state index in [9.17, 15) is 0 Å². The molecule has 1 saturated heterocycles. The van der Waals surface area contributed by atoms with Gasteiger partial charge in [-0.1, -0.05) is 42.0 Å². The van der Waals surface area contributed by atoms with Gasteiger partial charge in [0.2, 0.25) is 0 Å². The average molecular weight is 387 g/mol. The van der Waals surface area contributed by atoms with Crippen LogP contribution in [0.25, 0.3) is 0 Å². The van der Waals surface area contributed by atoms with Crippen LogP contribution in [0.2, 0.25) is 0 Å². The van der Waals surface area contributed by atoms with Gasteiger partial charge in [-0.25, -0.2) is 0 Å². The first-order valence-corrected chi connectivity index (χ1v) is 4.72. The zero-order valence-corrected chi connectivity index (χ0v) is 13.0. The van der Waals surface area contributed by atoms with Gasteiger partial charge in [0.05, 0.1) is 13.2 Å². The molecule has 2 nitrogen and oxygen atoms in total. The second kappa shape index (κ2) is 8.73. The molecule has 1 heterocycles. The maximum atomic E-state index is 5.06. The summed E-state index contributed by atoms with van der Waals surface area (Å²) in [5, 5.41) is 0. The largest absolute Gasteiger partial charge is 0.355 e. The fraction of sp³-hybridized carbons (Fsp3) is 0.917. The van der Waals surface area contributed by atoms with Crippen LogP contribution in [0, 0.1) is 17.8 Å². The van der Waals surface area contributed by atoms with Gasteiger partial charge < -0.3 is 16.4 Å². The minimum atomic E-state index is 0. The van der Waals surface area contributed by atoms with Crippen molar-refractivity contribution in [3.63, 3.8) is 0 Å². The molecule has 0 bridgehead atoms. The fourth-order valence-corrected chi connectivity index (χ4v) is 0.737. The summed E-state index contributed by atoms with van der Waals surface area (Å²) in [7, 11) is 0. The Morgan fingerprint density at radius 3 is 1.47 bits per heavy atom. The van der Waals surface area contributed by atoms with E-state index in [4.69, 9.17) is 9.47 Å². The third-order valence-corrected chi connectivity index (χ3v) is 1.15. The quantitative estimate of drug-likeness (QED) is 0.593. The van der Waals surface area contributed by atoms with E-state index in [2.05, 4.69) is 41.5 Å². The molecule has 0 atom stereocenters. The first-order valence-electron chi connectivity index (χ1n) is 4.72. The number of ether oxygens (including phenoxy) is 2. The van der Waals surface area contributed by atoms with Crippen molar-refractivity contribution in [2.45, 2.75) is 42.0 Å². The van der Waals surface area contributed by atoms with Crippen molar-refractivity contribution < 1.29 is 30.5 Å². The molecule has 0 aromatic carbocycles. The minimum Gasteiger partial charge on any atom is -0.355 e. The smallest absolute Gasteiger partial charge is 0.146 e. The first-order chi connectivity index (χ1) is 5.71. The van der Waals surface area contributed by atoms with Crippen molar-refractivity contribution in [3.8, 4) is 0 Å². The Balaban J connectivity index is -0.000000185. The molecule has 3 heteroatoms. The zero-order chi connectivity index (χ0) is 10.5. The van der Waals surface area contributed by atoms with Crippen LogP contribution in [-0.4, -0.2) is 20.0 Å². The van der Waals surface area contributed by atoms with Crippen LogP contribution in [0.4, 0.5) is 0 Å². The molecule has 0 amide bonds. The molecule has 0 radical (unpaired) electrons. The Bertz CT molecular complexity index is 125. The molecule has 0 aliphatic carbocycles. The average Bonchev–Trinajstić information content (AvgIpc) is 1.82. The Hall–Kier alpha value is 0.608. The van der Waals surface area contributed by atoms with E-state index < -0.39 is 0 Å².